The van der Waals surface area contributed by atoms with Gasteiger partial charge < -0.3 is 10.5 Å². The Bertz CT molecular complexity index is 438. The fourth-order valence-electron chi connectivity index (χ4n) is 1.25. The Balaban J connectivity index is 0.00000144. The summed E-state index contributed by atoms with van der Waals surface area (Å²) < 4.78 is 18.3. The maximum atomic E-state index is 13.0. The van der Waals surface area contributed by atoms with Gasteiger partial charge in [0, 0.05) is 0 Å². The topological polar surface area (TPSA) is 78.4 Å². The van der Waals surface area contributed by atoms with Gasteiger partial charge in [0.05, 0.1) is 16.5 Å². The number of benzene rings is 1. The van der Waals surface area contributed by atoms with Gasteiger partial charge in [0.25, 0.3) is 0 Å². The number of hydrogen-bond acceptors (Lipinski definition) is 4. The molecular formula is C10H12ClFN2O3. The standard InChI is InChI=1S/C10H11FN2O3.ClH/c11-8-2-1-7(5-9(8)13(14)15)16-6-10(12)3-4-10;/h1-2,5H,3-4,6,12H2;1H. The summed E-state index contributed by atoms with van der Waals surface area (Å²) in [6, 6.07) is 3.44. The first kappa shape index (κ1) is 13.7. The molecule has 1 aromatic carbocycles. The molecule has 0 bridgehead atoms. The lowest BCUT2D eigenvalue weighted by atomic mass is 10.3. The second-order valence-corrected chi connectivity index (χ2v) is 4.02. The summed E-state index contributed by atoms with van der Waals surface area (Å²) in [6.07, 6.45) is 1.77. The molecule has 0 heterocycles. The third kappa shape index (κ3) is 3.28. The molecule has 1 fully saturated rings. The van der Waals surface area contributed by atoms with Crippen LogP contribution < -0.4 is 10.5 Å². The van der Waals surface area contributed by atoms with Gasteiger partial charge in [-0.1, -0.05) is 0 Å². The molecule has 2 N–H and O–H groups in total. The number of hydrogen-bond donors (Lipinski definition) is 1. The van der Waals surface area contributed by atoms with Crippen LogP contribution in [0.25, 0.3) is 0 Å². The van der Waals surface area contributed by atoms with Crippen molar-refractivity contribution in [3.8, 4) is 5.75 Å². The van der Waals surface area contributed by atoms with Crippen LogP contribution >= 0.6 is 12.4 Å². The Labute approximate surface area is 103 Å². The molecule has 1 aliphatic rings. The van der Waals surface area contributed by atoms with E-state index in [-0.39, 0.29) is 23.7 Å². The number of halogens is 2. The second kappa shape index (κ2) is 4.85. The maximum Gasteiger partial charge on any atom is 0.308 e. The van der Waals surface area contributed by atoms with E-state index in [1.54, 1.807) is 0 Å². The normalized spacial score (nSPS) is 15.9. The van der Waals surface area contributed by atoms with Crippen molar-refractivity contribution in [3.05, 3.63) is 34.1 Å². The molecule has 0 amide bonds. The Morgan fingerprint density at radius 2 is 2.18 bits per heavy atom. The van der Waals surface area contributed by atoms with E-state index >= 15 is 0 Å². The van der Waals surface area contributed by atoms with E-state index in [0.29, 0.717) is 6.61 Å². The average molecular weight is 263 g/mol. The molecule has 0 aliphatic heterocycles. The van der Waals surface area contributed by atoms with Crippen molar-refractivity contribution in [2.24, 2.45) is 5.73 Å². The SMILES string of the molecule is Cl.NC1(COc2ccc(F)c([N+](=O)[O-])c2)CC1. The quantitative estimate of drug-likeness (QED) is 0.665. The van der Waals surface area contributed by atoms with Gasteiger partial charge in [0.1, 0.15) is 12.4 Å². The molecule has 94 valence electrons. The number of ether oxygens (including phenoxy) is 1. The molecule has 0 unspecified atom stereocenters. The van der Waals surface area contributed by atoms with E-state index in [2.05, 4.69) is 0 Å². The maximum absolute atomic E-state index is 13.0. The zero-order chi connectivity index (χ0) is 11.8. The highest BCUT2D eigenvalue weighted by Gasteiger charge is 2.39. The molecule has 0 radical (unpaired) electrons. The minimum absolute atomic E-state index is 0. The molecule has 1 aliphatic carbocycles. The van der Waals surface area contributed by atoms with Crippen LogP contribution in [-0.2, 0) is 0 Å². The van der Waals surface area contributed by atoms with Gasteiger partial charge in [0.2, 0.25) is 5.82 Å². The molecule has 0 atom stereocenters. The largest absolute Gasteiger partial charge is 0.491 e. The van der Waals surface area contributed by atoms with Gasteiger partial charge in [-0.3, -0.25) is 10.1 Å². The van der Waals surface area contributed by atoms with Crippen molar-refractivity contribution in [3.63, 3.8) is 0 Å². The molecule has 0 spiro atoms. The van der Waals surface area contributed by atoms with E-state index in [1.807, 2.05) is 0 Å². The van der Waals surface area contributed by atoms with E-state index < -0.39 is 16.4 Å². The first-order valence-electron chi connectivity index (χ1n) is 4.86. The van der Waals surface area contributed by atoms with Crippen molar-refractivity contribution < 1.29 is 14.1 Å². The highest BCUT2D eigenvalue weighted by molar-refractivity contribution is 5.85. The van der Waals surface area contributed by atoms with E-state index in [0.717, 1.165) is 25.0 Å². The number of rotatable bonds is 4. The minimum Gasteiger partial charge on any atom is -0.491 e. The fraction of sp³-hybridized carbons (Fsp3) is 0.400. The van der Waals surface area contributed by atoms with Crippen LogP contribution in [0, 0.1) is 15.9 Å². The summed E-state index contributed by atoms with van der Waals surface area (Å²) in [5.74, 6) is -0.601. The molecule has 0 aromatic heterocycles. The Kier molecular flexibility index (Phi) is 3.90. The number of nitrogens with zero attached hydrogens (tertiary/aromatic N) is 1. The van der Waals surface area contributed by atoms with E-state index in [9.17, 15) is 14.5 Å². The van der Waals surface area contributed by atoms with Gasteiger partial charge in [-0.05, 0) is 25.0 Å². The molecule has 0 saturated heterocycles. The minimum atomic E-state index is -0.869. The Morgan fingerprint density at radius 1 is 1.53 bits per heavy atom. The molecule has 1 aromatic rings. The first-order valence-corrected chi connectivity index (χ1v) is 4.86. The molecule has 5 nitrogen and oxygen atoms in total. The predicted molar refractivity (Wildman–Crippen MR) is 61.9 cm³/mol. The van der Waals surface area contributed by atoms with Gasteiger partial charge in [-0.15, -0.1) is 12.4 Å². The predicted octanol–water partition coefficient (Wildman–Crippen LogP) is 2.03. The van der Waals surface area contributed by atoms with Gasteiger partial charge in [-0.2, -0.15) is 4.39 Å². The summed E-state index contributed by atoms with van der Waals surface area (Å²) in [7, 11) is 0. The highest BCUT2D eigenvalue weighted by Crippen LogP contribution is 2.33. The molecule has 17 heavy (non-hydrogen) atoms. The fourth-order valence-corrected chi connectivity index (χ4v) is 1.25. The summed E-state index contributed by atoms with van der Waals surface area (Å²) in [5, 5.41) is 10.5. The Hall–Kier alpha value is -1.40. The van der Waals surface area contributed by atoms with Gasteiger partial charge in [0.15, 0.2) is 0 Å². The monoisotopic (exact) mass is 262 g/mol. The number of nitro groups is 1. The summed E-state index contributed by atoms with van der Waals surface area (Å²) in [6.45, 7) is 0.301. The summed E-state index contributed by atoms with van der Waals surface area (Å²) in [4.78, 5) is 9.69. The number of nitrogens with two attached hydrogens (primary N) is 1. The second-order valence-electron chi connectivity index (χ2n) is 4.02. The van der Waals surface area contributed by atoms with E-state index in [1.165, 1.54) is 6.07 Å². The van der Waals surface area contributed by atoms with Crippen LogP contribution in [0.15, 0.2) is 18.2 Å². The van der Waals surface area contributed by atoms with Crippen molar-refractivity contribution in [2.75, 3.05) is 6.61 Å². The van der Waals surface area contributed by atoms with Gasteiger partial charge in [-0.25, -0.2) is 0 Å². The summed E-state index contributed by atoms with van der Waals surface area (Å²) >= 11 is 0. The van der Waals surface area contributed by atoms with Crippen LogP contribution in [0.3, 0.4) is 0 Å². The lowest BCUT2D eigenvalue weighted by Crippen LogP contribution is -2.29. The lowest BCUT2D eigenvalue weighted by Gasteiger charge is -2.10. The first-order chi connectivity index (χ1) is 7.50. The van der Waals surface area contributed by atoms with Crippen molar-refractivity contribution in [1.29, 1.82) is 0 Å². The van der Waals surface area contributed by atoms with Crippen LogP contribution in [0.2, 0.25) is 0 Å². The highest BCUT2D eigenvalue weighted by atomic mass is 35.5. The van der Waals surface area contributed by atoms with Crippen LogP contribution in [0.5, 0.6) is 5.75 Å². The van der Waals surface area contributed by atoms with Crippen LogP contribution in [0.1, 0.15) is 12.8 Å². The van der Waals surface area contributed by atoms with Crippen molar-refractivity contribution >= 4 is 18.1 Å². The lowest BCUT2D eigenvalue weighted by molar-refractivity contribution is -0.387. The van der Waals surface area contributed by atoms with Crippen molar-refractivity contribution in [2.45, 2.75) is 18.4 Å². The molecule has 2 rings (SSSR count). The smallest absolute Gasteiger partial charge is 0.308 e. The number of nitro benzene ring substituents is 1. The molecule has 7 heteroatoms. The third-order valence-electron chi connectivity index (χ3n) is 2.53. The molecular weight excluding hydrogens is 251 g/mol. The van der Waals surface area contributed by atoms with E-state index in [4.69, 9.17) is 10.5 Å². The zero-order valence-corrected chi connectivity index (χ0v) is 9.71. The van der Waals surface area contributed by atoms with Crippen LogP contribution in [0.4, 0.5) is 10.1 Å². The van der Waals surface area contributed by atoms with Crippen LogP contribution in [-0.4, -0.2) is 17.1 Å². The third-order valence-corrected chi connectivity index (χ3v) is 2.53. The zero-order valence-electron chi connectivity index (χ0n) is 8.89. The summed E-state index contributed by atoms with van der Waals surface area (Å²) in [5.41, 5.74) is 4.90. The average Bonchev–Trinajstić information content (AvgIpc) is 2.96. The van der Waals surface area contributed by atoms with Gasteiger partial charge >= 0.3 is 5.69 Å². The Morgan fingerprint density at radius 3 is 2.71 bits per heavy atom. The molecule has 1 saturated carbocycles. The van der Waals surface area contributed by atoms with Crippen molar-refractivity contribution in [1.82, 2.24) is 0 Å².